The molecular weight excluding hydrogens is 1660 g/mol. The highest BCUT2D eigenvalue weighted by atomic mass is 16.5. The summed E-state index contributed by atoms with van der Waals surface area (Å²) in [5.41, 5.74) is 21.0. The number of likely N-dealkylation sites (N-methyl/N-ethyl adjacent to an activating group) is 1. The lowest BCUT2D eigenvalue weighted by Crippen LogP contribution is -2.28. The Hall–Kier alpha value is -13.4. The number of rotatable bonds is 39. The lowest BCUT2D eigenvalue weighted by atomic mass is 10.1. The number of aromatic nitrogens is 17. The van der Waals surface area contributed by atoms with Gasteiger partial charge in [-0.2, -0.15) is 30.6 Å². The highest BCUT2D eigenvalue weighted by Crippen LogP contribution is 2.29. The molecule has 0 spiro atoms. The number of fused-ring (bicyclic) bond motifs is 4. The van der Waals surface area contributed by atoms with Gasteiger partial charge in [-0.3, -0.25) is 14.2 Å². The third kappa shape index (κ3) is 25.9. The van der Waals surface area contributed by atoms with Crippen LogP contribution in [0.4, 0.5) is 5.82 Å². The first kappa shape index (κ1) is 93.8. The van der Waals surface area contributed by atoms with E-state index in [0.717, 1.165) is 192 Å². The van der Waals surface area contributed by atoms with Crippen LogP contribution in [0.1, 0.15) is 184 Å². The molecule has 0 saturated carbocycles. The van der Waals surface area contributed by atoms with Crippen molar-refractivity contribution in [2.45, 2.75) is 169 Å². The highest BCUT2D eigenvalue weighted by molar-refractivity contribution is 5.95. The molecule has 16 aromatic rings. The van der Waals surface area contributed by atoms with Crippen LogP contribution in [0.15, 0.2) is 237 Å². The number of carbonyl (C=O) groups is 1. The smallest absolute Gasteiger partial charge is 0.251 e. The summed E-state index contributed by atoms with van der Waals surface area (Å²) in [6.07, 6.45) is 37.4. The van der Waals surface area contributed by atoms with Gasteiger partial charge in [0, 0.05) is 98.3 Å². The molecule has 134 heavy (non-hydrogen) atoms. The van der Waals surface area contributed by atoms with Crippen LogP contribution in [0.3, 0.4) is 0 Å². The monoisotopic (exact) mass is 1790 g/mol. The van der Waals surface area contributed by atoms with Crippen molar-refractivity contribution in [3.05, 3.63) is 305 Å². The van der Waals surface area contributed by atoms with Gasteiger partial charge in [0.25, 0.3) is 5.91 Å². The van der Waals surface area contributed by atoms with Crippen molar-refractivity contribution in [2.75, 3.05) is 104 Å². The number of hydrogen-bond acceptors (Lipinski definition) is 18. The van der Waals surface area contributed by atoms with Crippen LogP contribution < -0.4 is 15.4 Å². The minimum atomic E-state index is -0.0405. The van der Waals surface area contributed by atoms with E-state index in [-0.39, 0.29) is 5.91 Å². The van der Waals surface area contributed by atoms with E-state index in [1.54, 1.807) is 11.8 Å². The van der Waals surface area contributed by atoms with Gasteiger partial charge in [0.05, 0.1) is 42.3 Å². The Morgan fingerprint density at radius 2 is 0.828 bits per heavy atom. The number of methoxy groups -OCH3 is 1. The van der Waals surface area contributed by atoms with Crippen molar-refractivity contribution in [1.82, 2.24) is 108 Å². The van der Waals surface area contributed by atoms with E-state index in [1.165, 1.54) is 150 Å². The Bertz CT molecular complexity index is 6410. The van der Waals surface area contributed by atoms with E-state index in [4.69, 9.17) is 51.5 Å². The summed E-state index contributed by atoms with van der Waals surface area (Å²) >= 11 is 0. The standard InChI is InChI=1S/C31H37N5O.C27H34N6.C26H28N6.C25H30N6O/c1-2-3-18-32-31(37)27-11-6-10-26(23-27)28-12-7-13-30-33-29(34-36(28)30)22-25-16-14-24(15-17-25)9-8-21-35-19-4-5-20-35;1-2-3-18-32-21-24(20-28-32)25-9-6-10-27-29-26(30-33(25)27)19-23-13-11-22(12-14-23)8-7-17-31-15-4-5-16-31;1-2-14-31-20-23(19-27-31)24-8-5-9-26-28-25(29-32(24)26)18-22-12-10-21(11-13-22)7-6-17-30-15-3-4-16-30;1-4-30(5-2)16-15-27-23-17-19(13-14-26-23)18-24-28-25-8-6-7-22(31(25)29-24)20-9-11-21(32-3)12-10-20/h6-7,10-17,23H,2-5,8-9,18-22H2,1H3,(H,32,37);6,9-14,20-21H,2-5,7-8,15-19H2,1H3;1,5,8-13,19-20H,3-4,6-7,14-18H2;6-14,17H,4-5,15-16,18H2,1-3H3,(H,26,27). The molecule has 692 valence electrons. The predicted octanol–water partition coefficient (Wildman–Crippen LogP) is 18.5. The molecule has 0 atom stereocenters. The van der Waals surface area contributed by atoms with Crippen LogP contribution in [0.25, 0.3) is 67.6 Å². The van der Waals surface area contributed by atoms with Gasteiger partial charge < -0.3 is 35.0 Å². The fourth-order valence-corrected chi connectivity index (χ4v) is 18.0. The first-order chi connectivity index (χ1) is 65.9. The Kier molecular flexibility index (Phi) is 33.5. The summed E-state index contributed by atoms with van der Waals surface area (Å²) in [6.45, 7) is 26.1. The zero-order valence-corrected chi connectivity index (χ0v) is 78.8. The van der Waals surface area contributed by atoms with Crippen LogP contribution in [-0.4, -0.2) is 207 Å². The van der Waals surface area contributed by atoms with Gasteiger partial charge in [-0.05, 0) is 298 Å². The van der Waals surface area contributed by atoms with Crippen molar-refractivity contribution in [2.24, 2.45) is 0 Å². The van der Waals surface area contributed by atoms with Crippen molar-refractivity contribution in [3.8, 4) is 63.1 Å². The molecule has 0 bridgehead atoms. The number of likely N-dealkylation sites (tertiary alicyclic amines) is 3. The quantitative estimate of drug-likeness (QED) is 0.0269. The number of ether oxygens (including phenoxy) is 1. The van der Waals surface area contributed by atoms with Crippen LogP contribution in [-0.2, 0) is 58.0 Å². The van der Waals surface area contributed by atoms with E-state index in [2.05, 4.69) is 176 Å². The summed E-state index contributed by atoms with van der Waals surface area (Å²) in [5.74, 6) is 7.53. The number of benzene rings is 5. The highest BCUT2D eigenvalue weighted by Gasteiger charge is 2.20. The van der Waals surface area contributed by atoms with Gasteiger partial charge in [0.15, 0.2) is 45.9 Å². The second kappa shape index (κ2) is 47.8. The number of unbranched alkanes of at least 4 members (excludes halogenated alkanes) is 2. The number of aryl methyl sites for hydroxylation is 4. The van der Waals surface area contributed by atoms with Gasteiger partial charge in [-0.1, -0.05) is 156 Å². The normalized spacial score (nSPS) is 13.5. The minimum absolute atomic E-state index is 0.0405. The summed E-state index contributed by atoms with van der Waals surface area (Å²) in [4.78, 5) is 46.2. The summed E-state index contributed by atoms with van der Waals surface area (Å²) in [5, 5.41) is 34.5. The zero-order valence-electron chi connectivity index (χ0n) is 78.8. The molecule has 25 nitrogen and oxygen atoms in total. The van der Waals surface area contributed by atoms with Crippen LogP contribution in [0.2, 0.25) is 0 Å². The fourth-order valence-electron chi connectivity index (χ4n) is 18.0. The number of pyridine rings is 5. The van der Waals surface area contributed by atoms with E-state index in [9.17, 15) is 4.79 Å². The molecule has 0 radical (unpaired) electrons. The van der Waals surface area contributed by atoms with E-state index >= 15 is 0 Å². The number of hydrogen-bond donors (Lipinski definition) is 2. The molecule has 1 amide bonds. The maximum absolute atomic E-state index is 12.6. The SMILES string of the molecule is C#CCn1cc(-c2cccc3nc(Cc4ccc(CCCN5CCCC5)cc4)nn23)cn1.CCCCNC(=O)c1cccc(-c2cccc3nc(Cc4ccc(CCCN5CCCC5)cc4)nn23)c1.CCCCn1cc(-c2cccc3nc(Cc4ccc(CCCN5CCCC5)cc4)nn23)cn1.CCN(CC)CCNc1cc(Cc2nc3cccc(-c4ccc(OC)cc4)n3n2)ccn1. The third-order valence-corrected chi connectivity index (χ3v) is 25.5. The molecule has 25 heteroatoms. The van der Waals surface area contributed by atoms with E-state index in [1.807, 2.05) is 163 Å². The second-order valence-electron chi connectivity index (χ2n) is 35.3. The number of anilines is 1. The first-order valence-corrected chi connectivity index (χ1v) is 48.7. The summed E-state index contributed by atoms with van der Waals surface area (Å²) in [7, 11) is 1.67. The lowest BCUT2D eigenvalue weighted by Gasteiger charge is -2.18. The fraction of sp³-hybridized carbons (Fsp3) is 0.376. The molecule has 5 aromatic carbocycles. The van der Waals surface area contributed by atoms with E-state index in [0.29, 0.717) is 37.9 Å². The molecule has 14 heterocycles. The van der Waals surface area contributed by atoms with Crippen molar-refractivity contribution in [1.29, 1.82) is 0 Å². The average Bonchev–Trinajstić information content (AvgIpc) is 1.65. The van der Waals surface area contributed by atoms with Crippen molar-refractivity contribution < 1.29 is 9.53 Å². The van der Waals surface area contributed by atoms with Crippen molar-refractivity contribution in [3.63, 3.8) is 0 Å². The van der Waals surface area contributed by atoms with Crippen molar-refractivity contribution >= 4 is 34.3 Å². The summed E-state index contributed by atoms with van der Waals surface area (Å²) in [6, 6.07) is 70.8. The maximum atomic E-state index is 12.6. The zero-order chi connectivity index (χ0) is 92.0. The molecular formula is C109H129N23O2. The Morgan fingerprint density at radius 3 is 1.26 bits per heavy atom. The molecule has 3 aliphatic heterocycles. The molecule has 2 N–H and O–H groups in total. The van der Waals surface area contributed by atoms with Gasteiger partial charge in [-0.25, -0.2) is 43.0 Å². The van der Waals surface area contributed by atoms with Crippen LogP contribution in [0, 0.1) is 12.3 Å². The average molecular weight is 1790 g/mol. The molecule has 3 aliphatic rings. The topological polar surface area (TPSA) is 233 Å². The number of carbonyl (C=O) groups excluding carboxylic acids is 1. The van der Waals surface area contributed by atoms with Crippen LogP contribution in [0.5, 0.6) is 5.75 Å². The number of nitrogens with zero attached hydrogens (tertiary/aromatic N) is 21. The lowest BCUT2D eigenvalue weighted by molar-refractivity contribution is 0.0953. The van der Waals surface area contributed by atoms with Gasteiger partial charge in [-0.15, -0.1) is 6.42 Å². The predicted molar refractivity (Wildman–Crippen MR) is 536 cm³/mol. The summed E-state index contributed by atoms with van der Waals surface area (Å²) < 4.78 is 16.7. The molecule has 19 rings (SSSR count). The Balaban J connectivity index is 0.000000130. The number of nitrogens with one attached hydrogen (secondary N) is 2. The van der Waals surface area contributed by atoms with Gasteiger partial charge >= 0.3 is 0 Å². The molecule has 0 aliphatic carbocycles. The minimum Gasteiger partial charge on any atom is -0.497 e. The van der Waals surface area contributed by atoms with Gasteiger partial charge in [0.2, 0.25) is 0 Å². The Labute approximate surface area is 788 Å². The molecule has 0 unspecified atom stereocenters. The molecule has 11 aromatic heterocycles. The Morgan fingerprint density at radius 1 is 0.418 bits per heavy atom. The second-order valence-corrected chi connectivity index (χ2v) is 35.3. The largest absolute Gasteiger partial charge is 0.497 e. The van der Waals surface area contributed by atoms with E-state index < -0.39 is 0 Å². The van der Waals surface area contributed by atoms with Crippen LogP contribution >= 0.6 is 0 Å². The van der Waals surface area contributed by atoms with Gasteiger partial charge in [0.1, 0.15) is 18.1 Å². The molecule has 3 saturated heterocycles. The third-order valence-electron chi connectivity index (χ3n) is 25.5. The number of terminal acetylenes is 1. The maximum Gasteiger partial charge on any atom is 0.251 e. The first-order valence-electron chi connectivity index (χ1n) is 48.7. The number of amides is 1. The molecule has 3 fully saturated rings.